The quantitative estimate of drug-likeness (QED) is 0.403. The molecule has 1 aromatic rings. The van der Waals surface area contributed by atoms with E-state index >= 15 is 0 Å². The molecule has 0 saturated heterocycles. The molecule has 0 atom stereocenters. The first-order valence-corrected chi connectivity index (χ1v) is 9.70. The van der Waals surface area contributed by atoms with Crippen molar-refractivity contribution in [2.24, 2.45) is 0 Å². The zero-order valence-electron chi connectivity index (χ0n) is 15.6. The lowest BCUT2D eigenvalue weighted by Gasteiger charge is -2.08. The summed E-state index contributed by atoms with van der Waals surface area (Å²) < 4.78 is 5.81. The molecule has 0 bridgehead atoms. The fourth-order valence-corrected chi connectivity index (χ4v) is 2.69. The van der Waals surface area contributed by atoms with Gasteiger partial charge >= 0.3 is 5.97 Å². The van der Waals surface area contributed by atoms with E-state index in [9.17, 15) is 4.79 Å². The molecular weight excluding hydrogens is 314 g/mol. The number of ether oxygens (including phenoxy) is 1. The highest BCUT2D eigenvalue weighted by molar-refractivity contribution is 5.70. The average molecular weight is 347 g/mol. The van der Waals surface area contributed by atoms with E-state index in [0.29, 0.717) is 12.3 Å². The summed E-state index contributed by atoms with van der Waals surface area (Å²) in [7, 11) is 0. The highest BCUT2D eigenvalue weighted by Crippen LogP contribution is 2.18. The van der Waals surface area contributed by atoms with Crippen molar-refractivity contribution >= 4 is 12.0 Å². The second kappa shape index (κ2) is 14.5. The molecule has 0 aromatic carbocycles. The number of aromatic nitrogens is 1. The molecule has 0 aliphatic heterocycles. The van der Waals surface area contributed by atoms with Crippen LogP contribution in [0.2, 0.25) is 0 Å². The molecule has 0 aliphatic rings. The largest absolute Gasteiger partial charge is 0.491 e. The van der Waals surface area contributed by atoms with E-state index in [1.807, 2.05) is 12.1 Å². The molecule has 0 radical (unpaired) electrons. The zero-order chi connectivity index (χ0) is 18.2. The van der Waals surface area contributed by atoms with Crippen molar-refractivity contribution in [1.82, 2.24) is 4.98 Å². The third-order valence-electron chi connectivity index (χ3n) is 4.12. The van der Waals surface area contributed by atoms with Crippen LogP contribution in [0.25, 0.3) is 6.08 Å². The second-order valence-corrected chi connectivity index (χ2v) is 6.42. The molecular formula is C21H33NO3. The number of carbonyl (C=O) groups is 1. The van der Waals surface area contributed by atoms with Crippen molar-refractivity contribution in [3.05, 3.63) is 30.1 Å². The molecule has 0 saturated carbocycles. The number of carboxylic acid groups (broad SMARTS) is 1. The summed E-state index contributed by atoms with van der Waals surface area (Å²) in [5, 5.41) is 8.67. The molecule has 1 aromatic heterocycles. The number of unbranched alkanes of at least 4 members (excludes halogenated alkanes) is 9. The molecule has 1 heterocycles. The van der Waals surface area contributed by atoms with Gasteiger partial charge in [0.1, 0.15) is 11.4 Å². The highest BCUT2D eigenvalue weighted by atomic mass is 16.5. The Bertz CT molecular complexity index is 500. The van der Waals surface area contributed by atoms with E-state index in [-0.39, 0.29) is 6.42 Å². The van der Waals surface area contributed by atoms with Crippen molar-refractivity contribution in [3.8, 4) is 5.75 Å². The summed E-state index contributed by atoms with van der Waals surface area (Å²) in [5.41, 5.74) is 0.691. The van der Waals surface area contributed by atoms with Crippen LogP contribution in [-0.2, 0) is 4.79 Å². The standard InChI is InChI=1S/C21H33NO3/c1-2-3-4-5-6-7-8-9-10-11-18-25-20-15-13-17-22-19(20)14-12-16-21(23)24/h12-15,17H,2-11,16,18H2,1H3,(H,23,24). The third kappa shape index (κ3) is 11.4. The molecule has 1 N–H and O–H groups in total. The minimum Gasteiger partial charge on any atom is -0.491 e. The fourth-order valence-electron chi connectivity index (χ4n) is 2.69. The Morgan fingerprint density at radius 1 is 1.08 bits per heavy atom. The van der Waals surface area contributed by atoms with Crippen LogP contribution in [0.4, 0.5) is 0 Å². The molecule has 0 amide bonds. The first-order valence-electron chi connectivity index (χ1n) is 9.70. The number of pyridine rings is 1. The van der Waals surface area contributed by atoms with Gasteiger partial charge in [-0.05, 0) is 24.6 Å². The molecule has 25 heavy (non-hydrogen) atoms. The Labute approximate surface area is 152 Å². The normalized spacial score (nSPS) is 11.1. The van der Waals surface area contributed by atoms with Gasteiger partial charge in [0, 0.05) is 6.20 Å². The van der Waals surface area contributed by atoms with E-state index in [0.717, 1.165) is 12.2 Å². The minimum atomic E-state index is -0.847. The summed E-state index contributed by atoms with van der Waals surface area (Å²) >= 11 is 0. The third-order valence-corrected chi connectivity index (χ3v) is 4.12. The van der Waals surface area contributed by atoms with Gasteiger partial charge in [-0.3, -0.25) is 9.78 Å². The molecule has 4 heteroatoms. The summed E-state index contributed by atoms with van der Waals surface area (Å²) in [5.74, 6) is -0.125. The van der Waals surface area contributed by atoms with Gasteiger partial charge in [0.15, 0.2) is 0 Å². The summed E-state index contributed by atoms with van der Waals surface area (Å²) in [6, 6.07) is 3.71. The average Bonchev–Trinajstić information content (AvgIpc) is 2.60. The Hall–Kier alpha value is -1.84. The van der Waals surface area contributed by atoms with Gasteiger partial charge in [-0.1, -0.05) is 70.8 Å². The number of aliphatic carboxylic acids is 1. The van der Waals surface area contributed by atoms with Crippen molar-refractivity contribution < 1.29 is 14.6 Å². The van der Waals surface area contributed by atoms with E-state index in [2.05, 4.69) is 11.9 Å². The molecule has 1 rings (SSSR count). The topological polar surface area (TPSA) is 59.4 Å². The van der Waals surface area contributed by atoms with Crippen LogP contribution in [0.15, 0.2) is 24.4 Å². The second-order valence-electron chi connectivity index (χ2n) is 6.42. The summed E-state index contributed by atoms with van der Waals surface area (Å²) in [6.07, 6.45) is 18.0. The lowest BCUT2D eigenvalue weighted by molar-refractivity contribution is -0.135. The van der Waals surface area contributed by atoms with E-state index in [1.54, 1.807) is 18.3 Å². The number of hydrogen-bond donors (Lipinski definition) is 1. The summed E-state index contributed by atoms with van der Waals surface area (Å²) in [4.78, 5) is 14.8. The van der Waals surface area contributed by atoms with Crippen molar-refractivity contribution in [1.29, 1.82) is 0 Å². The van der Waals surface area contributed by atoms with Crippen LogP contribution in [-0.4, -0.2) is 22.7 Å². The van der Waals surface area contributed by atoms with Gasteiger partial charge < -0.3 is 9.84 Å². The molecule has 4 nitrogen and oxygen atoms in total. The minimum absolute atomic E-state index is 0.00550. The predicted octanol–water partition coefficient (Wildman–Crippen LogP) is 5.87. The van der Waals surface area contributed by atoms with Gasteiger partial charge in [-0.25, -0.2) is 0 Å². The van der Waals surface area contributed by atoms with Crippen LogP contribution >= 0.6 is 0 Å². The SMILES string of the molecule is CCCCCCCCCCCCOc1cccnc1C=CCC(=O)O. The molecule has 0 fully saturated rings. The van der Waals surface area contributed by atoms with E-state index in [4.69, 9.17) is 9.84 Å². The van der Waals surface area contributed by atoms with Crippen LogP contribution in [0.5, 0.6) is 5.75 Å². The fraction of sp³-hybridized carbons (Fsp3) is 0.619. The number of rotatable bonds is 15. The first-order chi connectivity index (χ1) is 12.2. The Kier molecular flexibility index (Phi) is 12.3. The number of hydrogen-bond acceptors (Lipinski definition) is 3. The highest BCUT2D eigenvalue weighted by Gasteiger charge is 2.01. The maximum absolute atomic E-state index is 10.6. The molecule has 0 spiro atoms. The van der Waals surface area contributed by atoms with Gasteiger partial charge in [0.2, 0.25) is 0 Å². The number of carboxylic acids is 1. The smallest absolute Gasteiger partial charge is 0.307 e. The lowest BCUT2D eigenvalue weighted by atomic mass is 10.1. The van der Waals surface area contributed by atoms with Gasteiger partial charge in [0.05, 0.1) is 13.0 Å². The van der Waals surface area contributed by atoms with Crippen molar-refractivity contribution in [2.45, 2.75) is 77.6 Å². The molecule has 0 aliphatic carbocycles. The van der Waals surface area contributed by atoms with Crippen LogP contribution in [0.3, 0.4) is 0 Å². The molecule has 140 valence electrons. The maximum atomic E-state index is 10.6. The Morgan fingerprint density at radius 2 is 1.72 bits per heavy atom. The van der Waals surface area contributed by atoms with E-state index in [1.165, 1.54) is 57.8 Å². The van der Waals surface area contributed by atoms with E-state index < -0.39 is 5.97 Å². The van der Waals surface area contributed by atoms with Gasteiger partial charge in [-0.15, -0.1) is 0 Å². The van der Waals surface area contributed by atoms with Crippen molar-refractivity contribution in [2.75, 3.05) is 6.61 Å². The number of nitrogens with zero attached hydrogens (tertiary/aromatic N) is 1. The van der Waals surface area contributed by atoms with Crippen LogP contribution < -0.4 is 4.74 Å². The Morgan fingerprint density at radius 3 is 2.36 bits per heavy atom. The van der Waals surface area contributed by atoms with Crippen LogP contribution in [0, 0.1) is 0 Å². The Balaban J connectivity index is 2.12. The first kappa shape index (κ1) is 21.2. The summed E-state index contributed by atoms with van der Waals surface area (Å²) in [6.45, 7) is 2.94. The van der Waals surface area contributed by atoms with Crippen LogP contribution in [0.1, 0.15) is 83.2 Å². The van der Waals surface area contributed by atoms with Gasteiger partial charge in [-0.2, -0.15) is 0 Å². The lowest BCUT2D eigenvalue weighted by Crippen LogP contribution is -2.00. The molecule has 0 unspecified atom stereocenters. The van der Waals surface area contributed by atoms with Gasteiger partial charge in [0.25, 0.3) is 0 Å². The van der Waals surface area contributed by atoms with Crippen molar-refractivity contribution in [3.63, 3.8) is 0 Å². The monoisotopic (exact) mass is 347 g/mol. The maximum Gasteiger partial charge on any atom is 0.307 e. The predicted molar refractivity (Wildman–Crippen MR) is 103 cm³/mol. The zero-order valence-corrected chi connectivity index (χ0v) is 15.6.